The third kappa shape index (κ3) is 5.70. The summed E-state index contributed by atoms with van der Waals surface area (Å²) in [5.41, 5.74) is 0.106. The lowest BCUT2D eigenvalue weighted by Crippen LogP contribution is -2.25. The van der Waals surface area contributed by atoms with Crippen molar-refractivity contribution in [3.63, 3.8) is 0 Å². The molecule has 0 bridgehead atoms. The maximum atomic E-state index is 11.3. The van der Waals surface area contributed by atoms with E-state index in [-0.39, 0.29) is 5.71 Å². The smallest absolute Gasteiger partial charge is 0.356 e. The Kier molecular flexibility index (Phi) is 8.52. The van der Waals surface area contributed by atoms with Gasteiger partial charge in [-0.2, -0.15) is 0 Å². The molecule has 0 heterocycles. The van der Waals surface area contributed by atoms with Crippen LogP contribution in [0.2, 0.25) is 0 Å². The molecule has 94 valence electrons. The molecule has 1 N–H and O–H groups in total. The highest BCUT2D eigenvalue weighted by Crippen LogP contribution is 1.99. The average Bonchev–Trinajstić information content (AvgIpc) is 2.30. The number of nitrogens with zero attached hydrogens (tertiary/aromatic N) is 2. The number of hydrogen-bond acceptors (Lipinski definition) is 5. The molecule has 0 rings (SSSR count). The Balaban J connectivity index is 3.93. The summed E-state index contributed by atoms with van der Waals surface area (Å²) in [5.74, 6) is -0.524. The van der Waals surface area contributed by atoms with E-state index in [0.29, 0.717) is 13.0 Å². The van der Waals surface area contributed by atoms with Crippen molar-refractivity contribution in [1.29, 1.82) is 0 Å². The molecular formula is C11H22N2O3. The minimum atomic E-state index is -0.524. The molecule has 0 spiro atoms. The van der Waals surface area contributed by atoms with E-state index in [2.05, 4.69) is 23.9 Å². The fourth-order valence-corrected chi connectivity index (χ4v) is 1.42. The molecule has 0 amide bonds. The minimum Gasteiger partial charge on any atom is -0.461 e. The summed E-state index contributed by atoms with van der Waals surface area (Å²) in [6.07, 6.45) is 1.24. The summed E-state index contributed by atoms with van der Waals surface area (Å²) < 4.78 is 4.76. The van der Waals surface area contributed by atoms with Crippen LogP contribution in [-0.2, 0) is 9.53 Å². The maximum Gasteiger partial charge on any atom is 0.356 e. The van der Waals surface area contributed by atoms with Crippen LogP contribution in [0.3, 0.4) is 0 Å². The molecule has 0 aliphatic rings. The number of esters is 1. The van der Waals surface area contributed by atoms with Gasteiger partial charge in [0.2, 0.25) is 0 Å². The Hall–Kier alpha value is -1.10. The summed E-state index contributed by atoms with van der Waals surface area (Å²) in [6, 6.07) is 0. The Morgan fingerprint density at radius 2 is 1.94 bits per heavy atom. The van der Waals surface area contributed by atoms with Crippen molar-refractivity contribution in [2.45, 2.75) is 33.6 Å². The number of ether oxygens (including phenoxy) is 1. The standard InChI is InChI=1S/C11H22N2O3/c1-4-13(5-2)9-7-8-10(12-15)11(14)16-6-3/h15H,4-9H2,1-3H3/b12-10+. The van der Waals surface area contributed by atoms with E-state index in [1.165, 1.54) is 0 Å². The number of carbonyl (C=O) groups excluding carboxylic acids is 1. The van der Waals surface area contributed by atoms with Crippen LogP contribution >= 0.6 is 0 Å². The second kappa shape index (κ2) is 9.15. The topological polar surface area (TPSA) is 62.1 Å². The number of carbonyl (C=O) groups is 1. The van der Waals surface area contributed by atoms with Gasteiger partial charge in [-0.05, 0) is 33.0 Å². The van der Waals surface area contributed by atoms with Gasteiger partial charge >= 0.3 is 5.97 Å². The SMILES string of the molecule is CCOC(=O)/C(CCCN(CC)CC)=N/O. The van der Waals surface area contributed by atoms with Gasteiger partial charge in [-0.15, -0.1) is 0 Å². The lowest BCUT2D eigenvalue weighted by atomic mass is 10.2. The van der Waals surface area contributed by atoms with E-state index >= 15 is 0 Å². The van der Waals surface area contributed by atoms with Crippen molar-refractivity contribution < 1.29 is 14.7 Å². The van der Waals surface area contributed by atoms with E-state index in [1.807, 2.05) is 0 Å². The Labute approximate surface area is 97.1 Å². The van der Waals surface area contributed by atoms with Crippen molar-refractivity contribution in [2.24, 2.45) is 5.16 Å². The molecule has 5 heteroatoms. The molecule has 0 aliphatic carbocycles. The fraction of sp³-hybridized carbons (Fsp3) is 0.818. The summed E-state index contributed by atoms with van der Waals surface area (Å²) >= 11 is 0. The van der Waals surface area contributed by atoms with E-state index in [9.17, 15) is 4.79 Å². The molecule has 0 aliphatic heterocycles. The first kappa shape index (κ1) is 14.9. The van der Waals surface area contributed by atoms with Crippen LogP contribution in [0.4, 0.5) is 0 Å². The lowest BCUT2D eigenvalue weighted by molar-refractivity contribution is -0.135. The van der Waals surface area contributed by atoms with Crippen LogP contribution in [0.25, 0.3) is 0 Å². The number of hydrogen-bond donors (Lipinski definition) is 1. The molecule has 0 atom stereocenters. The molecule has 0 fully saturated rings. The normalized spacial score (nSPS) is 11.9. The molecule has 0 aromatic heterocycles. The van der Waals surface area contributed by atoms with Crippen LogP contribution in [0.1, 0.15) is 33.6 Å². The van der Waals surface area contributed by atoms with Gasteiger partial charge in [0, 0.05) is 6.42 Å². The third-order valence-electron chi connectivity index (χ3n) is 2.41. The van der Waals surface area contributed by atoms with Gasteiger partial charge in [0.1, 0.15) is 0 Å². The van der Waals surface area contributed by atoms with Crippen molar-refractivity contribution in [1.82, 2.24) is 4.90 Å². The lowest BCUT2D eigenvalue weighted by Gasteiger charge is -2.17. The first-order valence-electron chi connectivity index (χ1n) is 5.79. The van der Waals surface area contributed by atoms with Crippen molar-refractivity contribution in [3.05, 3.63) is 0 Å². The van der Waals surface area contributed by atoms with Gasteiger partial charge in [-0.1, -0.05) is 19.0 Å². The zero-order valence-corrected chi connectivity index (χ0v) is 10.4. The van der Waals surface area contributed by atoms with E-state index in [4.69, 9.17) is 9.94 Å². The Morgan fingerprint density at radius 1 is 1.31 bits per heavy atom. The van der Waals surface area contributed by atoms with E-state index < -0.39 is 5.97 Å². The molecule has 0 saturated carbocycles. The Morgan fingerprint density at radius 3 is 2.38 bits per heavy atom. The van der Waals surface area contributed by atoms with Crippen molar-refractivity contribution in [3.8, 4) is 0 Å². The van der Waals surface area contributed by atoms with Gasteiger partial charge in [0.25, 0.3) is 0 Å². The van der Waals surface area contributed by atoms with E-state index in [0.717, 1.165) is 26.1 Å². The average molecular weight is 230 g/mol. The van der Waals surface area contributed by atoms with Crippen LogP contribution in [0, 0.1) is 0 Å². The highest BCUT2D eigenvalue weighted by molar-refractivity contribution is 6.36. The van der Waals surface area contributed by atoms with Gasteiger partial charge in [0.15, 0.2) is 5.71 Å². The third-order valence-corrected chi connectivity index (χ3v) is 2.41. The van der Waals surface area contributed by atoms with Crippen molar-refractivity contribution >= 4 is 11.7 Å². The fourth-order valence-electron chi connectivity index (χ4n) is 1.42. The highest BCUT2D eigenvalue weighted by Gasteiger charge is 2.13. The summed E-state index contributed by atoms with van der Waals surface area (Å²) in [4.78, 5) is 13.5. The summed E-state index contributed by atoms with van der Waals surface area (Å²) in [5, 5.41) is 11.7. The zero-order valence-electron chi connectivity index (χ0n) is 10.4. The zero-order chi connectivity index (χ0) is 12.4. The highest BCUT2D eigenvalue weighted by atomic mass is 16.5. The predicted octanol–water partition coefficient (Wildman–Crippen LogP) is 1.50. The van der Waals surface area contributed by atoms with Crippen LogP contribution < -0.4 is 0 Å². The molecular weight excluding hydrogens is 208 g/mol. The van der Waals surface area contributed by atoms with Crippen LogP contribution in [0.5, 0.6) is 0 Å². The monoisotopic (exact) mass is 230 g/mol. The Bertz CT molecular complexity index is 225. The van der Waals surface area contributed by atoms with Gasteiger partial charge in [-0.3, -0.25) is 0 Å². The van der Waals surface area contributed by atoms with Crippen LogP contribution in [-0.4, -0.2) is 48.0 Å². The second-order valence-corrected chi connectivity index (χ2v) is 3.40. The number of oxime groups is 1. The predicted molar refractivity (Wildman–Crippen MR) is 62.9 cm³/mol. The molecule has 0 radical (unpaired) electrons. The summed E-state index contributed by atoms with van der Waals surface area (Å²) in [6.45, 7) is 9.08. The maximum absolute atomic E-state index is 11.3. The molecule has 0 aromatic rings. The van der Waals surface area contributed by atoms with Crippen LogP contribution in [0.15, 0.2) is 5.16 Å². The molecule has 0 unspecified atom stereocenters. The molecule has 16 heavy (non-hydrogen) atoms. The first-order chi connectivity index (χ1) is 7.69. The van der Waals surface area contributed by atoms with Crippen molar-refractivity contribution in [2.75, 3.05) is 26.2 Å². The molecule has 0 aromatic carbocycles. The first-order valence-corrected chi connectivity index (χ1v) is 5.79. The van der Waals surface area contributed by atoms with Gasteiger partial charge in [0.05, 0.1) is 6.61 Å². The quantitative estimate of drug-likeness (QED) is 0.297. The van der Waals surface area contributed by atoms with E-state index in [1.54, 1.807) is 6.92 Å². The molecule has 5 nitrogen and oxygen atoms in total. The minimum absolute atomic E-state index is 0.106. The largest absolute Gasteiger partial charge is 0.461 e. The van der Waals surface area contributed by atoms with Gasteiger partial charge in [-0.25, -0.2) is 4.79 Å². The second-order valence-electron chi connectivity index (χ2n) is 3.40. The molecule has 0 saturated heterocycles. The summed E-state index contributed by atoms with van der Waals surface area (Å²) in [7, 11) is 0. The van der Waals surface area contributed by atoms with Gasteiger partial charge < -0.3 is 14.8 Å². The number of rotatable bonds is 8.